The maximum absolute atomic E-state index is 12.4. The largest absolute Gasteiger partial charge is 0.454 e. The van der Waals surface area contributed by atoms with Gasteiger partial charge in [0, 0.05) is 18.3 Å². The Hall–Kier alpha value is -2.51. The number of rotatable bonds is 7. The lowest BCUT2D eigenvalue weighted by molar-refractivity contribution is -0.150. The highest BCUT2D eigenvalue weighted by Gasteiger charge is 2.45. The summed E-state index contributed by atoms with van der Waals surface area (Å²) >= 11 is 0. The number of aliphatic hydroxyl groups excluding tert-OH is 1. The fourth-order valence-electron chi connectivity index (χ4n) is 3.31. The van der Waals surface area contributed by atoms with Crippen LogP contribution < -0.4 is 0 Å². The highest BCUT2D eigenvalue weighted by molar-refractivity contribution is 5.92. The lowest BCUT2D eigenvalue weighted by Crippen LogP contribution is -2.40. The molecule has 1 N–H and O–H groups in total. The molecule has 152 valence electrons. The van der Waals surface area contributed by atoms with E-state index in [-0.39, 0.29) is 12.2 Å². The molecule has 0 aromatic carbocycles. The number of carbonyl (C=O) groups is 3. The summed E-state index contributed by atoms with van der Waals surface area (Å²) in [5.41, 5.74) is 1.86. The van der Waals surface area contributed by atoms with Gasteiger partial charge in [0.15, 0.2) is 18.5 Å². The molecule has 0 unspecified atom stereocenters. The van der Waals surface area contributed by atoms with Crippen molar-refractivity contribution in [1.29, 1.82) is 0 Å². The molecule has 4 atom stereocenters. The van der Waals surface area contributed by atoms with Crippen LogP contribution in [0.15, 0.2) is 47.1 Å². The molecule has 2 rings (SSSR count). The first-order valence-corrected chi connectivity index (χ1v) is 9.10. The second-order valence-corrected chi connectivity index (χ2v) is 6.73. The number of aliphatic hydroxyl groups is 1. The third kappa shape index (κ3) is 4.48. The van der Waals surface area contributed by atoms with Crippen LogP contribution in [0.4, 0.5) is 0 Å². The number of hydrogen-bond donors (Lipinski definition) is 1. The number of aldehydes is 1. The maximum atomic E-state index is 12.4. The summed E-state index contributed by atoms with van der Waals surface area (Å²) in [6.07, 6.45) is 3.97. The maximum Gasteiger partial charge on any atom is 0.334 e. The second kappa shape index (κ2) is 9.61. The Bertz CT molecular complexity index is 744. The molecule has 7 nitrogen and oxygen atoms in total. The first-order valence-electron chi connectivity index (χ1n) is 9.10. The first-order chi connectivity index (χ1) is 13.4. The van der Waals surface area contributed by atoms with Crippen LogP contribution in [0.5, 0.6) is 0 Å². The summed E-state index contributed by atoms with van der Waals surface area (Å²) in [5, 5.41) is 9.51. The summed E-state index contributed by atoms with van der Waals surface area (Å²) in [7, 11) is 1.35. The summed E-state index contributed by atoms with van der Waals surface area (Å²) < 4.78 is 16.3. The Labute approximate surface area is 164 Å². The Kier molecular flexibility index (Phi) is 7.48. The van der Waals surface area contributed by atoms with Crippen LogP contribution in [0.25, 0.3) is 0 Å². The van der Waals surface area contributed by atoms with E-state index in [0.29, 0.717) is 30.3 Å². The van der Waals surface area contributed by atoms with Gasteiger partial charge in [-0.05, 0) is 43.9 Å². The zero-order chi connectivity index (χ0) is 20.8. The van der Waals surface area contributed by atoms with Gasteiger partial charge in [-0.1, -0.05) is 18.7 Å². The van der Waals surface area contributed by atoms with Crippen molar-refractivity contribution in [3.63, 3.8) is 0 Å². The van der Waals surface area contributed by atoms with Gasteiger partial charge in [0.25, 0.3) is 0 Å². The molecule has 0 bridgehead atoms. The van der Waals surface area contributed by atoms with E-state index in [1.54, 1.807) is 26.0 Å². The van der Waals surface area contributed by atoms with Crippen molar-refractivity contribution in [3.8, 4) is 0 Å². The molecule has 1 fully saturated rings. The minimum atomic E-state index is -1.05. The predicted molar refractivity (Wildman–Crippen MR) is 101 cm³/mol. The van der Waals surface area contributed by atoms with Crippen LogP contribution in [0.3, 0.4) is 0 Å². The van der Waals surface area contributed by atoms with Gasteiger partial charge in [-0.25, -0.2) is 9.59 Å². The Morgan fingerprint density at radius 3 is 2.79 bits per heavy atom. The van der Waals surface area contributed by atoms with Crippen molar-refractivity contribution in [2.45, 2.75) is 45.0 Å². The van der Waals surface area contributed by atoms with Crippen molar-refractivity contribution < 1.29 is 33.7 Å². The normalized spacial score (nSPS) is 28.5. The monoisotopic (exact) mass is 390 g/mol. The molecule has 0 amide bonds. The Morgan fingerprint density at radius 2 is 2.21 bits per heavy atom. The average molecular weight is 390 g/mol. The molecule has 0 radical (unpaired) electrons. The molecule has 0 saturated carbocycles. The summed E-state index contributed by atoms with van der Waals surface area (Å²) in [5.74, 6) is -1.76. The van der Waals surface area contributed by atoms with E-state index in [4.69, 9.17) is 14.2 Å². The van der Waals surface area contributed by atoms with Gasteiger partial charge in [0.2, 0.25) is 0 Å². The molecule has 2 aliphatic rings. The van der Waals surface area contributed by atoms with E-state index in [1.165, 1.54) is 7.11 Å². The van der Waals surface area contributed by atoms with Crippen LogP contribution in [-0.2, 0) is 28.6 Å². The topological polar surface area (TPSA) is 99.1 Å². The lowest BCUT2D eigenvalue weighted by Gasteiger charge is -2.30. The molecule has 28 heavy (non-hydrogen) atoms. The molecule has 1 saturated heterocycles. The van der Waals surface area contributed by atoms with Gasteiger partial charge >= 0.3 is 11.9 Å². The summed E-state index contributed by atoms with van der Waals surface area (Å²) in [4.78, 5) is 36.2. The summed E-state index contributed by atoms with van der Waals surface area (Å²) in [6.45, 7) is 6.99. The van der Waals surface area contributed by atoms with Crippen molar-refractivity contribution in [2.75, 3.05) is 13.7 Å². The molecule has 7 heteroatoms. The molecule has 0 aromatic rings. The number of fused-ring (bicyclic) bond motifs is 1. The van der Waals surface area contributed by atoms with E-state index in [2.05, 4.69) is 6.58 Å². The molecule has 1 aliphatic heterocycles. The van der Waals surface area contributed by atoms with Crippen molar-refractivity contribution in [2.24, 2.45) is 5.92 Å². The fraction of sp³-hybridized carbons (Fsp3) is 0.476. The number of ether oxygens (including phenoxy) is 3. The van der Waals surface area contributed by atoms with Crippen molar-refractivity contribution in [1.82, 2.24) is 0 Å². The van der Waals surface area contributed by atoms with Crippen LogP contribution in [0, 0.1) is 5.92 Å². The lowest BCUT2D eigenvalue weighted by atomic mass is 9.81. The highest BCUT2D eigenvalue weighted by atomic mass is 16.6. The number of hydrogen-bond acceptors (Lipinski definition) is 7. The molecule has 0 spiro atoms. The van der Waals surface area contributed by atoms with Crippen LogP contribution in [0.1, 0.15) is 26.7 Å². The number of methoxy groups -OCH3 is 1. The Morgan fingerprint density at radius 1 is 1.50 bits per heavy atom. The van der Waals surface area contributed by atoms with Gasteiger partial charge in [0.1, 0.15) is 6.10 Å². The van der Waals surface area contributed by atoms with E-state index < -0.39 is 36.2 Å². The van der Waals surface area contributed by atoms with E-state index in [0.717, 1.165) is 5.57 Å². The predicted octanol–water partition coefficient (Wildman–Crippen LogP) is 1.81. The standard InChI is InChI=1S/C21H26O7/c1-5-12(2)20(24)28-19(17(11-23)26-4)15-8-6-7-14(10-22)9-16-18(15)13(3)21(25)27-16/h5,8-9,11,16-19,22H,3,6-7,10H2,1-2,4H3/b12-5+,14-9+,15-8-/t16-,17+,18-,19+/m0/s1. The van der Waals surface area contributed by atoms with Crippen LogP contribution >= 0.6 is 0 Å². The minimum Gasteiger partial charge on any atom is -0.454 e. The number of esters is 2. The van der Waals surface area contributed by atoms with E-state index in [1.807, 2.05) is 6.08 Å². The Balaban J connectivity index is 2.50. The molecular weight excluding hydrogens is 364 g/mol. The van der Waals surface area contributed by atoms with Crippen LogP contribution in [0.2, 0.25) is 0 Å². The third-order valence-electron chi connectivity index (χ3n) is 5.04. The average Bonchev–Trinajstić information content (AvgIpc) is 2.94. The minimum absolute atomic E-state index is 0.148. The van der Waals surface area contributed by atoms with Gasteiger partial charge in [-0.15, -0.1) is 0 Å². The van der Waals surface area contributed by atoms with E-state index in [9.17, 15) is 19.5 Å². The van der Waals surface area contributed by atoms with Gasteiger partial charge in [0.05, 0.1) is 12.5 Å². The van der Waals surface area contributed by atoms with Crippen molar-refractivity contribution >= 4 is 18.2 Å². The first kappa shape index (κ1) is 21.8. The fourth-order valence-corrected chi connectivity index (χ4v) is 3.31. The summed E-state index contributed by atoms with van der Waals surface area (Å²) in [6, 6.07) is 0. The molecule has 1 heterocycles. The van der Waals surface area contributed by atoms with Gasteiger partial charge in [-0.2, -0.15) is 0 Å². The van der Waals surface area contributed by atoms with E-state index >= 15 is 0 Å². The second-order valence-electron chi connectivity index (χ2n) is 6.73. The van der Waals surface area contributed by atoms with Crippen molar-refractivity contribution in [3.05, 3.63) is 47.1 Å². The number of carbonyl (C=O) groups excluding carboxylic acids is 3. The zero-order valence-corrected chi connectivity index (χ0v) is 16.3. The number of allylic oxidation sites excluding steroid dienone is 2. The zero-order valence-electron chi connectivity index (χ0n) is 16.3. The third-order valence-corrected chi connectivity index (χ3v) is 5.04. The molecular formula is C21H26O7. The van der Waals surface area contributed by atoms with Crippen LogP contribution in [-0.4, -0.2) is 55.4 Å². The SMILES string of the molecule is C=C1C(=O)O[C@H]2/C=C(/CO)CC/C=C(\[C@@H](OC(=O)/C(C)=C/C)[C@@H](C=O)OC)[C@H]12. The van der Waals surface area contributed by atoms with Gasteiger partial charge < -0.3 is 24.1 Å². The molecule has 1 aliphatic carbocycles. The quantitative estimate of drug-likeness (QED) is 0.306. The smallest absolute Gasteiger partial charge is 0.334 e. The van der Waals surface area contributed by atoms with Gasteiger partial charge in [-0.3, -0.25) is 0 Å². The highest BCUT2D eigenvalue weighted by Crippen LogP contribution is 2.39. The molecule has 0 aromatic heterocycles.